The zero-order chi connectivity index (χ0) is 29.1. The molecule has 0 aliphatic carbocycles. The fraction of sp³-hybridized carbons (Fsp3) is 0.643. The number of nitrogens with two attached hydrogens (primary N) is 2. The molecule has 0 amide bonds. The van der Waals surface area contributed by atoms with Gasteiger partial charge in [0, 0.05) is 49.6 Å². The van der Waals surface area contributed by atoms with Crippen LogP contribution in [-0.2, 0) is 23.9 Å². The van der Waals surface area contributed by atoms with Crippen LogP contribution in [0.25, 0.3) is 0 Å². The van der Waals surface area contributed by atoms with Gasteiger partial charge >= 0.3 is 12.2 Å². The predicted molar refractivity (Wildman–Crippen MR) is 142 cm³/mol. The van der Waals surface area contributed by atoms with E-state index in [0.717, 1.165) is 38.3 Å². The topological polar surface area (TPSA) is 103 Å². The first kappa shape index (κ1) is 28.4. The number of aryl methyl sites for hydroxylation is 1. The molecule has 1 aromatic carbocycles. The Kier molecular flexibility index (Phi) is 7.26. The normalized spacial score (nSPS) is 27.2. The number of aromatic nitrogens is 2. The monoisotopic (exact) mass is 582 g/mol. The van der Waals surface area contributed by atoms with Crippen molar-refractivity contribution in [3.63, 3.8) is 0 Å². The third-order valence-electron chi connectivity index (χ3n) is 9.06. The predicted octanol–water partition coefficient (Wildman–Crippen LogP) is 4.22. The lowest BCUT2D eigenvalue weighted by molar-refractivity contribution is -0.140. The van der Waals surface area contributed by atoms with Crippen molar-refractivity contribution in [3.8, 4) is 6.01 Å². The molecule has 2 aromatic rings. The summed E-state index contributed by atoms with van der Waals surface area (Å²) in [5, 5.41) is 0. The van der Waals surface area contributed by atoms with Gasteiger partial charge < -0.3 is 25.8 Å². The number of hydrogen-bond acceptors (Lipinski definition) is 8. The van der Waals surface area contributed by atoms with Gasteiger partial charge in [0.1, 0.15) is 18.6 Å². The van der Waals surface area contributed by atoms with Crippen molar-refractivity contribution < 1.29 is 31.4 Å². The van der Waals surface area contributed by atoms with Gasteiger partial charge in [-0.2, -0.15) is 23.1 Å². The Hall–Kier alpha value is -2.77. The van der Waals surface area contributed by atoms with Crippen molar-refractivity contribution in [1.82, 2.24) is 14.9 Å². The van der Waals surface area contributed by atoms with E-state index in [1.807, 2.05) is 0 Å². The number of halogens is 5. The van der Waals surface area contributed by atoms with E-state index in [-0.39, 0.29) is 42.9 Å². The number of alkyl halides is 4. The largest absolute Gasteiger partial charge is 0.461 e. The summed E-state index contributed by atoms with van der Waals surface area (Å²) in [7, 11) is 0. The van der Waals surface area contributed by atoms with Crippen LogP contribution in [-0.4, -0.2) is 65.4 Å². The summed E-state index contributed by atoms with van der Waals surface area (Å²) < 4.78 is 83.9. The van der Waals surface area contributed by atoms with E-state index >= 15 is 4.39 Å². The second-order valence-corrected chi connectivity index (χ2v) is 11.8. The van der Waals surface area contributed by atoms with E-state index in [4.69, 9.17) is 25.9 Å². The van der Waals surface area contributed by atoms with Gasteiger partial charge in [0.15, 0.2) is 5.82 Å². The zero-order valence-corrected chi connectivity index (χ0v) is 22.9. The number of benzene rings is 1. The molecule has 224 valence electrons. The number of fused-ring (bicyclic) bond motifs is 2. The number of nitrogen functional groups attached to an aromatic ring is 1. The lowest BCUT2D eigenvalue weighted by atomic mass is 9.91. The highest BCUT2D eigenvalue weighted by Gasteiger charge is 2.49. The molecule has 0 radical (unpaired) electrons. The van der Waals surface area contributed by atoms with Gasteiger partial charge in [0.05, 0.1) is 35.2 Å². The van der Waals surface area contributed by atoms with Crippen molar-refractivity contribution >= 4 is 11.5 Å². The molecule has 0 spiro atoms. The molecule has 0 unspecified atom stereocenters. The van der Waals surface area contributed by atoms with Crippen LogP contribution in [0.4, 0.5) is 33.5 Å². The van der Waals surface area contributed by atoms with Crippen LogP contribution in [0.1, 0.15) is 66.2 Å². The maximum Gasteiger partial charge on any atom is 0.417 e. The van der Waals surface area contributed by atoms with Crippen molar-refractivity contribution in [2.24, 2.45) is 5.73 Å². The Morgan fingerprint density at radius 1 is 1.20 bits per heavy atom. The highest BCUT2D eigenvalue weighted by molar-refractivity contribution is 5.55. The van der Waals surface area contributed by atoms with Gasteiger partial charge in [0.25, 0.3) is 0 Å². The molecular formula is C28H35F5N6O2. The van der Waals surface area contributed by atoms with Gasteiger partial charge in [-0.1, -0.05) is 0 Å². The van der Waals surface area contributed by atoms with E-state index in [2.05, 4.69) is 14.8 Å². The zero-order valence-electron chi connectivity index (χ0n) is 22.9. The SMILES string of the molecule is Cc1cc(N)c(F)c([C@H]2Cc3nc(OC[C@@]45CCCN4C[C@H](F)C5)nc(N4CCC(N)CC4)c3CO2)c1C(F)(F)F. The van der Waals surface area contributed by atoms with Gasteiger partial charge in [-0.15, -0.1) is 0 Å². The lowest BCUT2D eigenvalue weighted by Crippen LogP contribution is -2.44. The smallest absolute Gasteiger partial charge is 0.417 e. The van der Waals surface area contributed by atoms with Gasteiger partial charge in [-0.05, 0) is 50.8 Å². The van der Waals surface area contributed by atoms with Crippen LogP contribution in [0, 0.1) is 12.7 Å². The van der Waals surface area contributed by atoms with Crippen molar-refractivity contribution in [2.45, 2.75) is 82.1 Å². The van der Waals surface area contributed by atoms with Crippen molar-refractivity contribution in [3.05, 3.63) is 39.8 Å². The standard InChI is InChI=1S/C28H35F5N6O2/c1-15-9-19(35)24(30)22(23(15)28(31,32)33)21-10-20-18(13-40-21)25(38-7-3-17(34)4-8-38)37-26(36-20)41-14-27-5-2-6-39(27)12-16(29)11-27/h9,16-17,21H,2-8,10-14,34-35H2,1H3/t16-,21-,27+/m1/s1. The number of hydrogen-bond donors (Lipinski definition) is 2. The van der Waals surface area contributed by atoms with Gasteiger partial charge in [0.2, 0.25) is 0 Å². The maximum absolute atomic E-state index is 15.3. The molecule has 4 N–H and O–H groups in total. The molecule has 4 aliphatic rings. The van der Waals surface area contributed by atoms with Crippen LogP contribution >= 0.6 is 0 Å². The van der Waals surface area contributed by atoms with Crippen molar-refractivity contribution in [1.29, 1.82) is 0 Å². The highest BCUT2D eigenvalue weighted by Crippen LogP contribution is 2.45. The summed E-state index contributed by atoms with van der Waals surface area (Å²) in [5.74, 6) is -0.569. The summed E-state index contributed by atoms with van der Waals surface area (Å²) >= 11 is 0. The molecule has 4 aliphatic heterocycles. The fourth-order valence-corrected chi connectivity index (χ4v) is 7.03. The summed E-state index contributed by atoms with van der Waals surface area (Å²) in [6.45, 7) is 3.80. The van der Waals surface area contributed by atoms with Crippen LogP contribution in [0.3, 0.4) is 0 Å². The molecule has 8 nitrogen and oxygen atoms in total. The molecule has 41 heavy (non-hydrogen) atoms. The molecule has 0 saturated carbocycles. The minimum atomic E-state index is -4.81. The van der Waals surface area contributed by atoms with E-state index < -0.39 is 40.9 Å². The third-order valence-corrected chi connectivity index (χ3v) is 9.06. The van der Waals surface area contributed by atoms with Crippen LogP contribution in [0.2, 0.25) is 0 Å². The second kappa shape index (κ2) is 10.5. The number of rotatable bonds is 5. The first-order valence-corrected chi connectivity index (χ1v) is 14.1. The Balaban J connectivity index is 1.36. The molecule has 6 rings (SSSR count). The molecule has 3 fully saturated rings. The first-order chi connectivity index (χ1) is 19.4. The summed E-state index contributed by atoms with van der Waals surface area (Å²) in [4.78, 5) is 13.5. The molecule has 5 heterocycles. The quantitative estimate of drug-likeness (QED) is 0.399. The van der Waals surface area contributed by atoms with E-state index in [1.165, 1.54) is 6.92 Å². The fourth-order valence-electron chi connectivity index (χ4n) is 7.03. The maximum atomic E-state index is 15.3. The van der Waals surface area contributed by atoms with Crippen LogP contribution in [0.15, 0.2) is 6.07 Å². The Morgan fingerprint density at radius 2 is 1.95 bits per heavy atom. The van der Waals surface area contributed by atoms with Gasteiger partial charge in [-0.3, -0.25) is 4.90 Å². The second-order valence-electron chi connectivity index (χ2n) is 11.8. The Bertz CT molecular complexity index is 1320. The average molecular weight is 583 g/mol. The first-order valence-electron chi connectivity index (χ1n) is 14.1. The van der Waals surface area contributed by atoms with E-state index in [9.17, 15) is 17.6 Å². The third kappa shape index (κ3) is 5.20. The molecule has 0 bridgehead atoms. The van der Waals surface area contributed by atoms with E-state index in [1.54, 1.807) is 0 Å². The van der Waals surface area contributed by atoms with E-state index in [0.29, 0.717) is 43.1 Å². The van der Waals surface area contributed by atoms with Crippen LogP contribution in [0.5, 0.6) is 6.01 Å². The number of nitrogens with zero attached hydrogens (tertiary/aromatic N) is 4. The summed E-state index contributed by atoms with van der Waals surface area (Å²) in [5.41, 5.74) is 10.2. The molecular weight excluding hydrogens is 547 g/mol. The molecule has 3 saturated heterocycles. The molecule has 3 atom stereocenters. The molecule has 13 heteroatoms. The van der Waals surface area contributed by atoms with Crippen LogP contribution < -0.4 is 21.1 Å². The summed E-state index contributed by atoms with van der Waals surface area (Å²) in [6.07, 6.45) is -3.50. The summed E-state index contributed by atoms with van der Waals surface area (Å²) in [6, 6.07) is 1.12. The van der Waals surface area contributed by atoms with Crippen molar-refractivity contribution in [2.75, 3.05) is 43.4 Å². The Morgan fingerprint density at radius 3 is 2.68 bits per heavy atom. The minimum Gasteiger partial charge on any atom is -0.461 e. The number of anilines is 2. The number of ether oxygens (including phenoxy) is 2. The lowest BCUT2D eigenvalue weighted by Gasteiger charge is -2.35. The minimum absolute atomic E-state index is 0.0677. The number of piperidine rings is 1. The average Bonchev–Trinajstić information content (AvgIpc) is 3.44. The van der Waals surface area contributed by atoms with Gasteiger partial charge in [-0.25, -0.2) is 8.78 Å². The Labute approximate surface area is 235 Å². The molecule has 1 aromatic heterocycles. The highest BCUT2D eigenvalue weighted by atomic mass is 19.4.